The molecule has 0 N–H and O–H groups in total. The van der Waals surface area contributed by atoms with E-state index >= 15 is 0 Å². The highest BCUT2D eigenvalue weighted by Gasteiger charge is 2.25. The Morgan fingerprint density at radius 3 is 2.65 bits per heavy atom. The third kappa shape index (κ3) is 6.00. The predicted octanol–water partition coefficient (Wildman–Crippen LogP) is 6.30. The van der Waals surface area contributed by atoms with Crippen LogP contribution in [-0.4, -0.2) is 51.1 Å². The van der Waals surface area contributed by atoms with Crippen LogP contribution in [0, 0.1) is 13.8 Å². The molecule has 0 saturated carbocycles. The van der Waals surface area contributed by atoms with Gasteiger partial charge in [0.25, 0.3) is 0 Å². The van der Waals surface area contributed by atoms with Gasteiger partial charge in [-0.15, -0.1) is 11.8 Å². The van der Waals surface area contributed by atoms with Gasteiger partial charge in [0.1, 0.15) is 6.54 Å². The van der Waals surface area contributed by atoms with Crippen molar-refractivity contribution in [2.24, 2.45) is 0 Å². The van der Waals surface area contributed by atoms with Crippen LogP contribution in [0.25, 0.3) is 22.2 Å². The lowest BCUT2D eigenvalue weighted by Crippen LogP contribution is -2.39. The van der Waals surface area contributed by atoms with Gasteiger partial charge >= 0.3 is 0 Å². The summed E-state index contributed by atoms with van der Waals surface area (Å²) in [4.78, 5) is 21.8. The minimum Gasteiger partial charge on any atom is -0.376 e. The Kier molecular flexibility index (Phi) is 7.84. The minimum absolute atomic E-state index is 0.0154. The summed E-state index contributed by atoms with van der Waals surface area (Å²) < 4.78 is 7.70. The van der Waals surface area contributed by atoms with E-state index in [0.29, 0.717) is 18.1 Å². The molecule has 0 radical (unpaired) electrons. The SMILES string of the molecule is CSc1ccc2cc(CN(CC3CCCO3)C(=O)Cn3nc(C)cc3C)c(-c3ccc(Cl)cc3)nc2c1. The number of aromatic nitrogens is 3. The number of carbonyl (C=O) groups is 1. The van der Waals surface area contributed by atoms with Gasteiger partial charge < -0.3 is 9.64 Å². The smallest absolute Gasteiger partial charge is 0.244 e. The van der Waals surface area contributed by atoms with Crippen molar-refractivity contribution in [3.8, 4) is 11.3 Å². The van der Waals surface area contributed by atoms with Gasteiger partial charge in [-0.25, -0.2) is 4.98 Å². The zero-order valence-electron chi connectivity index (χ0n) is 21.4. The topological polar surface area (TPSA) is 60.2 Å². The van der Waals surface area contributed by atoms with Crippen molar-refractivity contribution in [2.75, 3.05) is 19.4 Å². The van der Waals surface area contributed by atoms with Gasteiger partial charge in [-0.1, -0.05) is 29.8 Å². The molecule has 0 aliphatic carbocycles. The van der Waals surface area contributed by atoms with Crippen LogP contribution in [0.3, 0.4) is 0 Å². The number of halogens is 1. The van der Waals surface area contributed by atoms with Gasteiger partial charge in [-0.05, 0) is 74.9 Å². The first-order valence-electron chi connectivity index (χ1n) is 12.5. The van der Waals surface area contributed by atoms with Crippen molar-refractivity contribution in [1.82, 2.24) is 19.7 Å². The summed E-state index contributed by atoms with van der Waals surface area (Å²) in [5.41, 5.74) is 5.63. The monoisotopic (exact) mass is 534 g/mol. The Hall–Kier alpha value is -2.87. The first-order chi connectivity index (χ1) is 17.9. The fourth-order valence-electron chi connectivity index (χ4n) is 4.85. The number of thioether (sulfide) groups is 1. The van der Waals surface area contributed by atoms with Crippen molar-refractivity contribution in [1.29, 1.82) is 0 Å². The van der Waals surface area contributed by atoms with Gasteiger partial charge in [-0.2, -0.15) is 5.10 Å². The number of nitrogens with zero attached hydrogens (tertiary/aromatic N) is 4. The van der Waals surface area contributed by atoms with Crippen LogP contribution in [0.1, 0.15) is 29.8 Å². The second kappa shape index (κ2) is 11.3. The summed E-state index contributed by atoms with van der Waals surface area (Å²) in [6.07, 6.45) is 4.09. The first-order valence-corrected chi connectivity index (χ1v) is 14.1. The van der Waals surface area contributed by atoms with E-state index in [9.17, 15) is 4.79 Å². The molecule has 3 heterocycles. The highest BCUT2D eigenvalue weighted by Crippen LogP contribution is 2.30. The molecule has 192 valence electrons. The molecule has 1 aliphatic rings. The lowest BCUT2D eigenvalue weighted by atomic mass is 10.0. The third-order valence-corrected chi connectivity index (χ3v) is 7.75. The molecule has 2 aromatic carbocycles. The van der Waals surface area contributed by atoms with E-state index in [1.165, 1.54) is 0 Å². The molecular formula is C29H31ClN4O2S. The quantitative estimate of drug-likeness (QED) is 0.248. The molecule has 1 saturated heterocycles. The van der Waals surface area contributed by atoms with Crippen LogP contribution in [0.4, 0.5) is 0 Å². The fourth-order valence-corrected chi connectivity index (χ4v) is 5.41. The number of aryl methyl sites for hydroxylation is 2. The molecule has 0 bridgehead atoms. The van der Waals surface area contributed by atoms with Crippen LogP contribution in [0.2, 0.25) is 5.02 Å². The molecule has 1 amide bonds. The fraction of sp³-hybridized carbons (Fsp3) is 0.345. The number of amides is 1. The molecule has 1 atom stereocenters. The molecule has 0 spiro atoms. The average Bonchev–Trinajstić information content (AvgIpc) is 3.52. The van der Waals surface area contributed by atoms with E-state index in [-0.39, 0.29) is 18.6 Å². The van der Waals surface area contributed by atoms with Crippen LogP contribution >= 0.6 is 23.4 Å². The van der Waals surface area contributed by atoms with E-state index in [4.69, 9.17) is 21.3 Å². The van der Waals surface area contributed by atoms with E-state index in [1.807, 2.05) is 49.1 Å². The summed E-state index contributed by atoms with van der Waals surface area (Å²) in [7, 11) is 0. The summed E-state index contributed by atoms with van der Waals surface area (Å²) in [6.45, 7) is 5.84. The number of hydrogen-bond acceptors (Lipinski definition) is 5. The maximum atomic E-state index is 13.7. The molecule has 6 nitrogen and oxygen atoms in total. The van der Waals surface area contributed by atoms with Gasteiger partial charge in [0, 0.05) is 46.3 Å². The summed E-state index contributed by atoms with van der Waals surface area (Å²) >= 11 is 7.88. The molecule has 5 rings (SSSR count). The summed E-state index contributed by atoms with van der Waals surface area (Å²) in [6, 6.07) is 18.2. The van der Waals surface area contributed by atoms with Crippen molar-refractivity contribution in [3.63, 3.8) is 0 Å². The van der Waals surface area contributed by atoms with Crippen molar-refractivity contribution in [2.45, 2.75) is 50.8 Å². The average molecular weight is 535 g/mol. The van der Waals surface area contributed by atoms with Gasteiger partial charge in [0.2, 0.25) is 5.91 Å². The number of carbonyl (C=O) groups excluding carboxylic acids is 1. The molecule has 2 aromatic heterocycles. The Morgan fingerprint density at radius 1 is 1.16 bits per heavy atom. The van der Waals surface area contributed by atoms with Crippen LogP contribution in [0.15, 0.2) is 59.5 Å². The first kappa shape index (κ1) is 25.8. The highest BCUT2D eigenvalue weighted by molar-refractivity contribution is 7.98. The molecule has 4 aromatic rings. The summed E-state index contributed by atoms with van der Waals surface area (Å²) in [5.74, 6) is 0.0154. The molecule has 8 heteroatoms. The van der Waals surface area contributed by atoms with Crippen molar-refractivity contribution in [3.05, 3.63) is 76.6 Å². The standard InChI is InChI=1S/C29H31ClN4O2S/c1-19-13-20(2)34(32-19)18-28(35)33(17-25-5-4-12-36-25)16-23-14-22-8-11-26(37-3)15-27(22)31-29(23)21-6-9-24(30)10-7-21/h6-11,13-15,25H,4-5,12,16-18H2,1-3H3. The second-order valence-corrected chi connectivity index (χ2v) is 10.9. The zero-order valence-corrected chi connectivity index (χ0v) is 23.0. The number of pyridine rings is 1. The Morgan fingerprint density at radius 2 is 1.97 bits per heavy atom. The summed E-state index contributed by atoms with van der Waals surface area (Å²) in [5, 5.41) is 6.24. The Labute approximate surface area is 227 Å². The number of benzene rings is 2. The van der Waals surface area contributed by atoms with Crippen LogP contribution < -0.4 is 0 Å². The molecule has 1 fully saturated rings. The van der Waals surface area contributed by atoms with Gasteiger partial charge in [0.05, 0.1) is 23.0 Å². The van der Waals surface area contributed by atoms with Gasteiger partial charge in [0.15, 0.2) is 0 Å². The Bertz CT molecular complexity index is 1410. The highest BCUT2D eigenvalue weighted by atomic mass is 35.5. The van der Waals surface area contributed by atoms with Gasteiger partial charge in [-0.3, -0.25) is 9.48 Å². The number of rotatable bonds is 8. The number of ether oxygens (including phenoxy) is 1. The lowest BCUT2D eigenvalue weighted by Gasteiger charge is -2.27. The zero-order chi connectivity index (χ0) is 25.9. The van der Waals surface area contributed by atoms with E-state index < -0.39 is 0 Å². The molecule has 1 unspecified atom stereocenters. The van der Waals surface area contributed by atoms with E-state index in [1.54, 1.807) is 16.4 Å². The largest absolute Gasteiger partial charge is 0.376 e. The molecule has 37 heavy (non-hydrogen) atoms. The number of hydrogen-bond donors (Lipinski definition) is 0. The van der Waals surface area contributed by atoms with Crippen molar-refractivity contribution < 1.29 is 9.53 Å². The van der Waals surface area contributed by atoms with Crippen LogP contribution in [-0.2, 0) is 22.6 Å². The maximum Gasteiger partial charge on any atom is 0.244 e. The number of fused-ring (bicyclic) bond motifs is 1. The molecular weight excluding hydrogens is 504 g/mol. The second-order valence-electron chi connectivity index (χ2n) is 9.56. The van der Waals surface area contributed by atoms with E-state index in [2.05, 4.69) is 35.6 Å². The normalized spacial score (nSPS) is 15.4. The molecule has 1 aliphatic heterocycles. The van der Waals surface area contributed by atoms with Crippen LogP contribution in [0.5, 0.6) is 0 Å². The maximum absolute atomic E-state index is 13.7. The van der Waals surface area contributed by atoms with E-state index in [0.717, 1.165) is 63.5 Å². The minimum atomic E-state index is 0.0154. The lowest BCUT2D eigenvalue weighted by molar-refractivity contribution is -0.134. The Balaban J connectivity index is 1.54. The predicted molar refractivity (Wildman–Crippen MR) is 150 cm³/mol. The third-order valence-electron chi connectivity index (χ3n) is 6.77. The van der Waals surface area contributed by atoms with Crippen molar-refractivity contribution >= 4 is 40.2 Å².